The second-order valence-electron chi connectivity index (χ2n) is 5.06. The first-order chi connectivity index (χ1) is 9.24. The molecule has 3 rings (SSSR count). The van der Waals surface area contributed by atoms with Gasteiger partial charge in [-0.1, -0.05) is 25.0 Å². The quantitative estimate of drug-likeness (QED) is 0.907. The van der Waals surface area contributed by atoms with Gasteiger partial charge in [0.1, 0.15) is 11.9 Å². The molecule has 19 heavy (non-hydrogen) atoms. The van der Waals surface area contributed by atoms with E-state index in [0.29, 0.717) is 22.1 Å². The lowest BCUT2D eigenvalue weighted by atomic mass is 10.2. The van der Waals surface area contributed by atoms with E-state index in [-0.39, 0.29) is 11.4 Å². The Bertz CT molecular complexity index is 560. The van der Waals surface area contributed by atoms with E-state index >= 15 is 0 Å². The summed E-state index contributed by atoms with van der Waals surface area (Å²) in [7, 11) is 0. The van der Waals surface area contributed by atoms with Crippen molar-refractivity contribution in [3.8, 4) is 0 Å². The zero-order valence-corrected chi connectivity index (χ0v) is 11.5. The lowest BCUT2D eigenvalue weighted by Crippen LogP contribution is -2.03. The first kappa shape index (κ1) is 13.0. The van der Waals surface area contributed by atoms with E-state index in [0.717, 1.165) is 0 Å². The van der Waals surface area contributed by atoms with Crippen LogP contribution in [0.5, 0.6) is 0 Å². The maximum absolute atomic E-state index is 13.5. The molecule has 1 unspecified atom stereocenters. The topological polar surface area (TPSA) is 33.4 Å². The van der Waals surface area contributed by atoms with Crippen LogP contribution in [-0.2, 0) is 0 Å². The van der Waals surface area contributed by atoms with Crippen LogP contribution in [0.25, 0.3) is 11.0 Å². The van der Waals surface area contributed by atoms with Gasteiger partial charge in [-0.2, -0.15) is 11.8 Å². The minimum absolute atomic E-state index is 0.238. The Hall–Kier alpha value is -1.00. The van der Waals surface area contributed by atoms with Crippen LogP contribution in [-0.4, -0.2) is 16.1 Å². The number of hydrogen-bond acceptors (Lipinski definition) is 3. The third-order valence-electron chi connectivity index (χ3n) is 3.64. The van der Waals surface area contributed by atoms with Crippen molar-refractivity contribution in [3.05, 3.63) is 35.8 Å². The Balaban J connectivity index is 1.70. The molecule has 1 aromatic carbocycles. The van der Waals surface area contributed by atoms with Crippen LogP contribution < -0.4 is 0 Å². The fraction of sp³-hybridized carbons (Fsp3) is 0.467. The van der Waals surface area contributed by atoms with E-state index in [1.165, 1.54) is 31.7 Å². The lowest BCUT2D eigenvalue weighted by molar-refractivity contribution is 0.176. The SMILES string of the molecule is OC(CSC1CCCC1)c1cc2cccc(F)c2o1. The van der Waals surface area contributed by atoms with Crippen molar-refractivity contribution in [1.29, 1.82) is 0 Å². The molecule has 0 spiro atoms. The molecular formula is C15H17FO2S. The molecule has 1 aromatic heterocycles. The largest absolute Gasteiger partial charge is 0.455 e. The Morgan fingerprint density at radius 1 is 1.37 bits per heavy atom. The fourth-order valence-electron chi connectivity index (χ4n) is 2.58. The average Bonchev–Trinajstić information content (AvgIpc) is 3.05. The van der Waals surface area contributed by atoms with Crippen LogP contribution in [0.2, 0.25) is 0 Å². The number of rotatable bonds is 4. The first-order valence-electron chi connectivity index (χ1n) is 6.71. The summed E-state index contributed by atoms with van der Waals surface area (Å²) in [5.74, 6) is 0.705. The number of furan rings is 1. The molecule has 1 atom stereocenters. The zero-order chi connectivity index (χ0) is 13.2. The highest BCUT2D eigenvalue weighted by Crippen LogP contribution is 2.33. The molecule has 4 heteroatoms. The number of halogens is 1. The summed E-state index contributed by atoms with van der Waals surface area (Å²) < 4.78 is 19.0. The molecule has 102 valence electrons. The number of hydrogen-bond donors (Lipinski definition) is 1. The maximum Gasteiger partial charge on any atom is 0.170 e. The Kier molecular flexibility index (Phi) is 3.80. The molecular weight excluding hydrogens is 263 g/mol. The van der Waals surface area contributed by atoms with Crippen LogP contribution in [0.1, 0.15) is 37.5 Å². The normalized spacial score (nSPS) is 18.2. The zero-order valence-electron chi connectivity index (χ0n) is 10.6. The van der Waals surface area contributed by atoms with Gasteiger partial charge in [0.15, 0.2) is 11.4 Å². The van der Waals surface area contributed by atoms with Gasteiger partial charge in [0.25, 0.3) is 0 Å². The van der Waals surface area contributed by atoms with Gasteiger partial charge in [-0.05, 0) is 25.0 Å². The van der Waals surface area contributed by atoms with Gasteiger partial charge in [0.2, 0.25) is 0 Å². The highest BCUT2D eigenvalue weighted by molar-refractivity contribution is 7.99. The third kappa shape index (κ3) is 2.79. The van der Waals surface area contributed by atoms with E-state index in [9.17, 15) is 9.50 Å². The Morgan fingerprint density at radius 2 is 2.16 bits per heavy atom. The summed E-state index contributed by atoms with van der Waals surface area (Å²) in [6, 6.07) is 6.55. The van der Waals surface area contributed by atoms with Crippen molar-refractivity contribution in [2.24, 2.45) is 0 Å². The van der Waals surface area contributed by atoms with Crippen molar-refractivity contribution in [3.63, 3.8) is 0 Å². The maximum atomic E-state index is 13.5. The van der Waals surface area contributed by atoms with Gasteiger partial charge in [-0.15, -0.1) is 0 Å². The van der Waals surface area contributed by atoms with Crippen LogP contribution >= 0.6 is 11.8 Å². The van der Waals surface area contributed by atoms with E-state index < -0.39 is 6.10 Å². The molecule has 0 saturated heterocycles. The van der Waals surface area contributed by atoms with Crippen molar-refractivity contribution in [1.82, 2.24) is 0 Å². The standard InChI is InChI=1S/C15H17FO2S/c16-12-7-3-4-10-8-14(18-15(10)12)13(17)9-19-11-5-1-2-6-11/h3-4,7-8,11,13,17H,1-2,5-6,9H2. The van der Waals surface area contributed by atoms with Crippen LogP contribution in [0.15, 0.2) is 28.7 Å². The van der Waals surface area contributed by atoms with E-state index in [2.05, 4.69) is 0 Å². The number of benzene rings is 1. The van der Waals surface area contributed by atoms with Gasteiger partial charge in [0, 0.05) is 16.4 Å². The van der Waals surface area contributed by atoms with Gasteiger partial charge in [-0.25, -0.2) is 4.39 Å². The average molecular weight is 280 g/mol. The van der Waals surface area contributed by atoms with Gasteiger partial charge in [-0.3, -0.25) is 0 Å². The smallest absolute Gasteiger partial charge is 0.170 e. The Labute approximate surface area is 116 Å². The van der Waals surface area contributed by atoms with Crippen molar-refractivity contribution in [2.75, 3.05) is 5.75 Å². The summed E-state index contributed by atoms with van der Waals surface area (Å²) in [6.45, 7) is 0. The van der Waals surface area contributed by atoms with Crippen LogP contribution in [0.3, 0.4) is 0 Å². The minimum atomic E-state index is -0.655. The highest BCUT2D eigenvalue weighted by Gasteiger charge is 2.20. The summed E-state index contributed by atoms with van der Waals surface area (Å²) in [6.07, 6.45) is 4.42. The summed E-state index contributed by atoms with van der Waals surface area (Å²) in [4.78, 5) is 0. The number of thioether (sulfide) groups is 1. The molecule has 0 amide bonds. The van der Waals surface area contributed by atoms with Gasteiger partial charge < -0.3 is 9.52 Å². The first-order valence-corrected chi connectivity index (χ1v) is 7.76. The van der Waals surface area contributed by atoms with Crippen molar-refractivity contribution in [2.45, 2.75) is 37.0 Å². The summed E-state index contributed by atoms with van der Waals surface area (Å²) in [5, 5.41) is 11.5. The number of aliphatic hydroxyl groups excluding tert-OH is 1. The number of para-hydroxylation sites is 1. The lowest BCUT2D eigenvalue weighted by Gasteiger charge is -2.11. The molecule has 2 nitrogen and oxygen atoms in total. The van der Waals surface area contributed by atoms with Crippen LogP contribution in [0, 0.1) is 5.82 Å². The molecule has 0 radical (unpaired) electrons. The third-order valence-corrected chi connectivity index (χ3v) is 5.09. The molecule has 1 aliphatic carbocycles. The fourth-order valence-corrected chi connectivity index (χ4v) is 3.86. The predicted molar refractivity (Wildman–Crippen MR) is 75.8 cm³/mol. The Morgan fingerprint density at radius 3 is 2.89 bits per heavy atom. The summed E-state index contributed by atoms with van der Waals surface area (Å²) in [5.41, 5.74) is 0.238. The molecule has 1 saturated carbocycles. The molecule has 1 heterocycles. The molecule has 2 aromatic rings. The van der Waals surface area contributed by atoms with Gasteiger partial charge in [0.05, 0.1) is 0 Å². The van der Waals surface area contributed by atoms with Crippen molar-refractivity contribution < 1.29 is 13.9 Å². The second kappa shape index (κ2) is 5.55. The highest BCUT2D eigenvalue weighted by atomic mass is 32.2. The molecule has 0 aliphatic heterocycles. The van der Waals surface area contributed by atoms with Crippen molar-refractivity contribution >= 4 is 22.7 Å². The van der Waals surface area contributed by atoms with Gasteiger partial charge >= 0.3 is 0 Å². The van der Waals surface area contributed by atoms with E-state index in [1.807, 2.05) is 0 Å². The van der Waals surface area contributed by atoms with E-state index in [4.69, 9.17) is 4.42 Å². The second-order valence-corrected chi connectivity index (χ2v) is 6.40. The molecule has 0 bridgehead atoms. The number of aliphatic hydroxyl groups is 1. The van der Waals surface area contributed by atoms with Crippen LogP contribution in [0.4, 0.5) is 4.39 Å². The minimum Gasteiger partial charge on any atom is -0.455 e. The number of fused-ring (bicyclic) bond motifs is 1. The molecule has 1 N–H and O–H groups in total. The van der Waals surface area contributed by atoms with E-state index in [1.54, 1.807) is 30.0 Å². The summed E-state index contributed by atoms with van der Waals surface area (Å²) >= 11 is 1.80. The molecule has 1 aliphatic rings. The molecule has 1 fully saturated rings. The monoisotopic (exact) mass is 280 g/mol. The predicted octanol–water partition coefficient (Wildman–Crippen LogP) is 4.28.